The smallest absolute Gasteiger partial charge is 0.268 e. The monoisotopic (exact) mass is 701 g/mol. The van der Waals surface area contributed by atoms with Gasteiger partial charge in [-0.05, 0) is 44.9 Å². The fourth-order valence-electron chi connectivity index (χ4n) is 5.48. The number of aliphatic hydroxyl groups is 1. The van der Waals surface area contributed by atoms with Crippen LogP contribution >= 0.6 is 7.82 Å². The van der Waals surface area contributed by atoms with Gasteiger partial charge in [0.15, 0.2) is 0 Å². The number of amides is 1. The molecule has 0 spiro atoms. The molecule has 0 aliphatic rings. The van der Waals surface area contributed by atoms with Crippen molar-refractivity contribution in [2.45, 2.75) is 180 Å². The van der Waals surface area contributed by atoms with Crippen molar-refractivity contribution in [1.82, 2.24) is 5.32 Å². The molecular formula is C39H77N2O6P. The Bertz CT molecular complexity index is 845. The number of hydrogen-bond acceptors (Lipinski definition) is 6. The molecule has 0 saturated carbocycles. The van der Waals surface area contributed by atoms with Crippen LogP contribution in [0.25, 0.3) is 0 Å². The zero-order chi connectivity index (χ0) is 35.8. The first-order chi connectivity index (χ1) is 23.0. The maximum Gasteiger partial charge on any atom is 0.268 e. The molecule has 0 bridgehead atoms. The van der Waals surface area contributed by atoms with Crippen LogP contribution in [-0.2, 0) is 18.4 Å². The van der Waals surface area contributed by atoms with Crippen molar-refractivity contribution in [3.05, 3.63) is 24.3 Å². The van der Waals surface area contributed by atoms with Crippen LogP contribution in [0.4, 0.5) is 0 Å². The molecule has 0 heterocycles. The van der Waals surface area contributed by atoms with Gasteiger partial charge in [-0.2, -0.15) is 0 Å². The van der Waals surface area contributed by atoms with Crippen molar-refractivity contribution in [2.75, 3.05) is 40.9 Å². The van der Waals surface area contributed by atoms with E-state index in [2.05, 4.69) is 43.5 Å². The SMILES string of the molecule is CCCCC/C=C\C/C=C\CCCCCCCC(=O)NC(COP(=O)([O-])OCC[N+](C)(C)C)C(O)CCCCCCCCCCCCC. The van der Waals surface area contributed by atoms with Crippen molar-refractivity contribution >= 4 is 13.7 Å². The summed E-state index contributed by atoms with van der Waals surface area (Å²) < 4.78 is 23.1. The van der Waals surface area contributed by atoms with Gasteiger partial charge < -0.3 is 28.8 Å². The van der Waals surface area contributed by atoms with E-state index in [4.69, 9.17) is 9.05 Å². The molecule has 3 unspecified atom stereocenters. The third-order valence-corrected chi connectivity index (χ3v) is 9.66. The molecule has 0 radical (unpaired) electrons. The molecule has 2 N–H and O–H groups in total. The maximum absolute atomic E-state index is 12.8. The van der Waals surface area contributed by atoms with Gasteiger partial charge in [-0.1, -0.05) is 141 Å². The normalized spacial score (nSPS) is 14.9. The second kappa shape index (κ2) is 31.9. The van der Waals surface area contributed by atoms with Crippen LogP contribution in [0.3, 0.4) is 0 Å². The molecule has 1 amide bonds. The lowest BCUT2D eigenvalue weighted by Gasteiger charge is -2.30. The van der Waals surface area contributed by atoms with Crippen LogP contribution in [0.2, 0.25) is 0 Å². The topological polar surface area (TPSA) is 108 Å². The van der Waals surface area contributed by atoms with Crippen LogP contribution in [0.15, 0.2) is 24.3 Å². The fraction of sp³-hybridized carbons (Fsp3) is 0.872. The summed E-state index contributed by atoms with van der Waals surface area (Å²) >= 11 is 0. The molecule has 0 aliphatic heterocycles. The lowest BCUT2D eigenvalue weighted by molar-refractivity contribution is -0.870. The highest BCUT2D eigenvalue weighted by Gasteiger charge is 2.24. The molecule has 0 aromatic heterocycles. The molecule has 0 saturated heterocycles. The summed E-state index contributed by atoms with van der Waals surface area (Å²) in [6.45, 7) is 4.65. The van der Waals surface area contributed by atoms with E-state index in [1.165, 1.54) is 77.0 Å². The zero-order valence-electron chi connectivity index (χ0n) is 31.9. The van der Waals surface area contributed by atoms with Gasteiger partial charge in [-0.25, -0.2) is 0 Å². The van der Waals surface area contributed by atoms with Crippen LogP contribution in [0.5, 0.6) is 0 Å². The quantitative estimate of drug-likeness (QED) is 0.0295. The number of quaternary nitrogens is 1. The van der Waals surface area contributed by atoms with E-state index in [1.54, 1.807) is 0 Å². The third-order valence-electron chi connectivity index (χ3n) is 8.69. The Morgan fingerprint density at radius 3 is 1.77 bits per heavy atom. The van der Waals surface area contributed by atoms with Gasteiger partial charge in [0.05, 0.1) is 39.9 Å². The number of unbranched alkanes of at least 4 members (excludes halogenated alkanes) is 18. The summed E-state index contributed by atoms with van der Waals surface area (Å²) in [4.78, 5) is 25.2. The summed E-state index contributed by atoms with van der Waals surface area (Å²) in [5.74, 6) is -0.182. The number of rotatable bonds is 35. The van der Waals surface area contributed by atoms with Gasteiger partial charge in [0.1, 0.15) is 13.2 Å². The minimum absolute atomic E-state index is 0.00935. The lowest BCUT2D eigenvalue weighted by Crippen LogP contribution is -2.46. The van der Waals surface area contributed by atoms with E-state index in [0.717, 1.165) is 64.2 Å². The molecule has 284 valence electrons. The average Bonchev–Trinajstić information content (AvgIpc) is 3.02. The highest BCUT2D eigenvalue weighted by molar-refractivity contribution is 7.45. The Balaban J connectivity index is 4.47. The number of nitrogens with one attached hydrogen (secondary N) is 1. The van der Waals surface area contributed by atoms with Crippen LogP contribution in [-0.4, -0.2) is 68.5 Å². The van der Waals surface area contributed by atoms with E-state index in [-0.39, 0.29) is 19.1 Å². The molecule has 0 aliphatic carbocycles. The highest BCUT2D eigenvalue weighted by atomic mass is 31.2. The second-order valence-electron chi connectivity index (χ2n) is 14.6. The molecule has 8 nitrogen and oxygen atoms in total. The number of carbonyl (C=O) groups excluding carboxylic acids is 1. The van der Waals surface area contributed by atoms with E-state index < -0.39 is 20.0 Å². The van der Waals surface area contributed by atoms with Gasteiger partial charge >= 0.3 is 0 Å². The van der Waals surface area contributed by atoms with Gasteiger partial charge in [-0.15, -0.1) is 0 Å². The van der Waals surface area contributed by atoms with E-state index in [9.17, 15) is 19.4 Å². The van der Waals surface area contributed by atoms with Crippen molar-refractivity contribution in [3.8, 4) is 0 Å². The van der Waals surface area contributed by atoms with Crippen LogP contribution in [0, 0.1) is 0 Å². The molecule has 0 aromatic rings. The Kier molecular flexibility index (Phi) is 31.2. The summed E-state index contributed by atoms with van der Waals surface area (Å²) in [5, 5.41) is 13.8. The Hall–Kier alpha value is -1.02. The molecule has 0 fully saturated rings. The van der Waals surface area contributed by atoms with E-state index in [0.29, 0.717) is 23.9 Å². The van der Waals surface area contributed by atoms with Crippen molar-refractivity contribution in [2.24, 2.45) is 0 Å². The first-order valence-electron chi connectivity index (χ1n) is 19.7. The third kappa shape index (κ3) is 33.5. The number of phosphoric ester groups is 1. The van der Waals surface area contributed by atoms with E-state index >= 15 is 0 Å². The van der Waals surface area contributed by atoms with Crippen molar-refractivity contribution in [3.63, 3.8) is 0 Å². The summed E-state index contributed by atoms with van der Waals surface area (Å²) in [6.07, 6.45) is 34.6. The number of hydrogen-bond donors (Lipinski definition) is 2. The Morgan fingerprint density at radius 2 is 1.21 bits per heavy atom. The molecular weight excluding hydrogens is 623 g/mol. The minimum Gasteiger partial charge on any atom is -0.756 e. The first-order valence-corrected chi connectivity index (χ1v) is 21.1. The standard InChI is InChI=1S/C39H77N2O6P/c1-6-8-10-12-14-16-18-19-20-21-23-25-27-29-31-33-39(43)40-37(36-47-48(44,45)46-35-34-41(3,4)5)38(42)32-30-28-26-24-22-17-15-13-11-9-7-2/h14,16,19-20,37-38,42H,6-13,15,17-18,21-36H2,1-5H3,(H-,40,43,44,45)/b16-14-,20-19-. The van der Waals surface area contributed by atoms with Gasteiger partial charge in [0.2, 0.25) is 5.91 Å². The number of allylic oxidation sites excluding steroid dienone is 4. The number of likely N-dealkylation sites (N-methyl/N-ethyl adjacent to an activating group) is 1. The van der Waals surface area contributed by atoms with Crippen LogP contribution in [0.1, 0.15) is 168 Å². The molecule has 48 heavy (non-hydrogen) atoms. The van der Waals surface area contributed by atoms with Gasteiger partial charge in [0.25, 0.3) is 7.82 Å². The predicted molar refractivity (Wildman–Crippen MR) is 201 cm³/mol. The Labute approximate surface area is 296 Å². The molecule has 3 atom stereocenters. The molecule has 0 aromatic carbocycles. The summed E-state index contributed by atoms with van der Waals surface area (Å²) in [5.41, 5.74) is 0. The summed E-state index contributed by atoms with van der Waals surface area (Å²) in [6, 6.07) is -0.803. The van der Waals surface area contributed by atoms with Gasteiger partial charge in [0, 0.05) is 6.42 Å². The molecule has 0 rings (SSSR count). The number of nitrogens with zero attached hydrogens (tertiary/aromatic N) is 1. The van der Waals surface area contributed by atoms with Crippen LogP contribution < -0.4 is 10.2 Å². The maximum atomic E-state index is 12.8. The highest BCUT2D eigenvalue weighted by Crippen LogP contribution is 2.38. The van der Waals surface area contributed by atoms with Gasteiger partial charge in [-0.3, -0.25) is 9.36 Å². The van der Waals surface area contributed by atoms with E-state index in [1.807, 2.05) is 21.1 Å². The average molecular weight is 701 g/mol. The number of carbonyl (C=O) groups is 1. The number of phosphoric acid groups is 1. The summed E-state index contributed by atoms with van der Waals surface area (Å²) in [7, 11) is 1.29. The zero-order valence-corrected chi connectivity index (χ0v) is 32.8. The first kappa shape index (κ1) is 47.0. The largest absolute Gasteiger partial charge is 0.756 e. The predicted octanol–water partition coefficient (Wildman–Crippen LogP) is 9.55. The fourth-order valence-corrected chi connectivity index (χ4v) is 6.20. The Morgan fingerprint density at radius 1 is 0.729 bits per heavy atom. The second-order valence-corrected chi connectivity index (χ2v) is 16.0. The number of aliphatic hydroxyl groups excluding tert-OH is 1. The molecule has 9 heteroatoms. The minimum atomic E-state index is -4.56. The van der Waals surface area contributed by atoms with Crippen molar-refractivity contribution < 1.29 is 32.9 Å². The lowest BCUT2D eigenvalue weighted by atomic mass is 10.0. The van der Waals surface area contributed by atoms with Crippen molar-refractivity contribution in [1.29, 1.82) is 0 Å².